The molecule has 1 nitrogen and oxygen atoms in total. The first-order chi connectivity index (χ1) is 8.33. The first-order valence-corrected chi connectivity index (χ1v) is 6.63. The summed E-state index contributed by atoms with van der Waals surface area (Å²) in [5.41, 5.74) is 5.55. The van der Waals surface area contributed by atoms with E-state index in [9.17, 15) is 0 Å². The number of allylic oxidation sites excluding steroid dienone is 1. The number of rotatable bonds is 0. The molecule has 1 fully saturated rings. The van der Waals surface area contributed by atoms with Crippen LogP contribution in [0.15, 0.2) is 24.3 Å². The van der Waals surface area contributed by atoms with Gasteiger partial charge in [0.25, 0.3) is 0 Å². The third-order valence-corrected chi connectivity index (χ3v) is 3.75. The SMILES string of the molecule is CC.Cc1ccc2[nH]c3c(c2c1)C=CC1CC31.[HH]. The zero-order valence-corrected chi connectivity index (χ0v) is 10.7. The average Bonchev–Trinajstić information content (AvgIpc) is 3.07. The van der Waals surface area contributed by atoms with Crippen molar-refractivity contribution in [3.05, 3.63) is 41.1 Å². The summed E-state index contributed by atoms with van der Waals surface area (Å²) >= 11 is 0. The molecule has 17 heavy (non-hydrogen) atoms. The zero-order chi connectivity index (χ0) is 12.0. The molecular weight excluding hydrogens is 206 g/mol. The Balaban J connectivity index is 0.000000384. The van der Waals surface area contributed by atoms with Crippen LogP contribution in [0.1, 0.15) is 44.4 Å². The minimum Gasteiger partial charge on any atom is -0.358 e. The molecule has 0 aliphatic heterocycles. The molecule has 0 bridgehead atoms. The maximum absolute atomic E-state index is 3.58. The van der Waals surface area contributed by atoms with Gasteiger partial charge in [0.2, 0.25) is 0 Å². The van der Waals surface area contributed by atoms with Gasteiger partial charge in [0, 0.05) is 29.5 Å². The van der Waals surface area contributed by atoms with Crippen molar-refractivity contribution >= 4 is 17.0 Å². The molecule has 1 heteroatoms. The number of hydrogen-bond acceptors (Lipinski definition) is 0. The van der Waals surface area contributed by atoms with Crippen LogP contribution in [0.25, 0.3) is 17.0 Å². The highest BCUT2D eigenvalue weighted by molar-refractivity contribution is 5.92. The molecule has 1 N–H and O–H groups in total. The molecule has 1 aromatic carbocycles. The summed E-state index contributed by atoms with van der Waals surface area (Å²) in [4.78, 5) is 3.58. The smallest absolute Gasteiger partial charge is 0.0462 e. The monoisotopic (exact) mass is 227 g/mol. The molecule has 2 unspecified atom stereocenters. The Bertz CT molecular complexity index is 594. The van der Waals surface area contributed by atoms with Crippen LogP contribution in [-0.4, -0.2) is 4.98 Å². The summed E-state index contributed by atoms with van der Waals surface area (Å²) in [5, 5.41) is 1.40. The second-order valence-corrected chi connectivity index (χ2v) is 4.87. The highest BCUT2D eigenvalue weighted by Crippen LogP contribution is 2.53. The summed E-state index contributed by atoms with van der Waals surface area (Å²) in [7, 11) is 0. The lowest BCUT2D eigenvalue weighted by atomic mass is 10.0. The van der Waals surface area contributed by atoms with Crippen LogP contribution in [0, 0.1) is 12.8 Å². The van der Waals surface area contributed by atoms with E-state index in [0.717, 1.165) is 11.8 Å². The number of fused-ring (bicyclic) bond motifs is 5. The largest absolute Gasteiger partial charge is 0.358 e. The molecular formula is C16H21N. The molecule has 0 spiro atoms. The van der Waals surface area contributed by atoms with E-state index in [2.05, 4.69) is 42.3 Å². The van der Waals surface area contributed by atoms with Gasteiger partial charge in [0.05, 0.1) is 0 Å². The molecule has 1 heterocycles. The van der Waals surface area contributed by atoms with Crippen LogP contribution in [0.3, 0.4) is 0 Å². The third kappa shape index (κ3) is 1.53. The van der Waals surface area contributed by atoms with Crippen molar-refractivity contribution in [3.63, 3.8) is 0 Å². The first-order valence-electron chi connectivity index (χ1n) is 6.63. The Labute approximate surface area is 104 Å². The lowest BCUT2D eigenvalue weighted by Gasteiger charge is -2.03. The van der Waals surface area contributed by atoms with E-state index in [1.807, 2.05) is 13.8 Å². The fraction of sp³-hybridized carbons (Fsp3) is 0.375. The fourth-order valence-electron chi connectivity index (χ4n) is 2.80. The Morgan fingerprint density at radius 3 is 2.94 bits per heavy atom. The van der Waals surface area contributed by atoms with Gasteiger partial charge in [-0.25, -0.2) is 0 Å². The topological polar surface area (TPSA) is 15.8 Å². The number of aryl methyl sites for hydroxylation is 1. The standard InChI is InChI=1S/C14H13N.C2H6.H2/c1-8-2-5-13-12(6-8)10-4-3-9-7-11(9)14(10)15-13;1-2;/h2-6,9,11,15H,7H2,1H3;1-2H3;1H. The molecule has 2 aromatic rings. The molecule has 2 aliphatic carbocycles. The minimum absolute atomic E-state index is 0. The van der Waals surface area contributed by atoms with E-state index in [1.165, 1.54) is 34.1 Å². The van der Waals surface area contributed by atoms with E-state index >= 15 is 0 Å². The highest BCUT2D eigenvalue weighted by atomic mass is 14.8. The van der Waals surface area contributed by atoms with Gasteiger partial charge in [-0.2, -0.15) is 0 Å². The van der Waals surface area contributed by atoms with Crippen LogP contribution in [0.5, 0.6) is 0 Å². The summed E-state index contributed by atoms with van der Waals surface area (Å²) < 4.78 is 0. The molecule has 1 aromatic heterocycles. The number of aromatic nitrogens is 1. The number of aromatic amines is 1. The fourth-order valence-corrected chi connectivity index (χ4v) is 2.80. The van der Waals surface area contributed by atoms with Crippen molar-refractivity contribution < 1.29 is 1.43 Å². The summed E-state index contributed by atoms with van der Waals surface area (Å²) in [5.74, 6) is 1.62. The Hall–Kier alpha value is -1.50. The first kappa shape index (κ1) is 10.6. The van der Waals surface area contributed by atoms with Crippen molar-refractivity contribution in [2.24, 2.45) is 5.92 Å². The van der Waals surface area contributed by atoms with Gasteiger partial charge < -0.3 is 4.98 Å². The van der Waals surface area contributed by atoms with Gasteiger partial charge >= 0.3 is 0 Å². The van der Waals surface area contributed by atoms with Crippen LogP contribution in [0.2, 0.25) is 0 Å². The van der Waals surface area contributed by atoms with Crippen molar-refractivity contribution in [2.45, 2.75) is 33.1 Å². The highest BCUT2D eigenvalue weighted by Gasteiger charge is 2.41. The summed E-state index contributed by atoms with van der Waals surface area (Å²) in [6, 6.07) is 6.67. The maximum Gasteiger partial charge on any atom is 0.0462 e. The summed E-state index contributed by atoms with van der Waals surface area (Å²) in [6.45, 7) is 6.16. The zero-order valence-electron chi connectivity index (χ0n) is 10.7. The van der Waals surface area contributed by atoms with Gasteiger partial charge in [-0.15, -0.1) is 0 Å². The number of hydrogen-bond donors (Lipinski definition) is 1. The van der Waals surface area contributed by atoms with E-state index in [0.29, 0.717) is 0 Å². The lowest BCUT2D eigenvalue weighted by Crippen LogP contribution is -1.89. The van der Waals surface area contributed by atoms with Crippen molar-refractivity contribution in [3.8, 4) is 0 Å². The van der Waals surface area contributed by atoms with Crippen molar-refractivity contribution in [1.29, 1.82) is 0 Å². The Kier molecular flexibility index (Phi) is 2.36. The maximum atomic E-state index is 3.58. The van der Waals surface area contributed by atoms with Crippen LogP contribution >= 0.6 is 0 Å². The number of nitrogens with one attached hydrogen (secondary N) is 1. The van der Waals surface area contributed by atoms with Gasteiger partial charge in [-0.05, 0) is 31.4 Å². The number of benzene rings is 1. The summed E-state index contributed by atoms with van der Waals surface area (Å²) in [6.07, 6.45) is 6.03. The third-order valence-electron chi connectivity index (χ3n) is 3.75. The van der Waals surface area contributed by atoms with Gasteiger partial charge in [0.1, 0.15) is 0 Å². The quantitative estimate of drug-likeness (QED) is 0.660. The molecule has 1 saturated carbocycles. The molecule has 4 rings (SSSR count). The second kappa shape index (κ2) is 3.76. The van der Waals surface area contributed by atoms with E-state index in [1.54, 1.807) is 0 Å². The molecule has 0 saturated heterocycles. The molecule has 90 valence electrons. The van der Waals surface area contributed by atoms with Gasteiger partial charge in [-0.1, -0.05) is 37.6 Å². The van der Waals surface area contributed by atoms with Gasteiger partial charge in [-0.3, -0.25) is 0 Å². The second-order valence-electron chi connectivity index (χ2n) is 4.87. The molecule has 0 radical (unpaired) electrons. The Morgan fingerprint density at radius 2 is 2.12 bits per heavy atom. The van der Waals surface area contributed by atoms with Crippen LogP contribution in [0.4, 0.5) is 0 Å². The normalized spacial score (nSPS) is 23.7. The molecule has 2 atom stereocenters. The van der Waals surface area contributed by atoms with Crippen molar-refractivity contribution in [1.82, 2.24) is 4.98 Å². The molecule has 2 aliphatic rings. The van der Waals surface area contributed by atoms with E-state index in [4.69, 9.17) is 0 Å². The van der Waals surface area contributed by atoms with Crippen molar-refractivity contribution in [2.75, 3.05) is 0 Å². The van der Waals surface area contributed by atoms with Crippen LogP contribution in [-0.2, 0) is 0 Å². The van der Waals surface area contributed by atoms with Gasteiger partial charge in [0.15, 0.2) is 0 Å². The predicted molar refractivity (Wildman–Crippen MR) is 76.4 cm³/mol. The Morgan fingerprint density at radius 1 is 1.29 bits per heavy atom. The molecule has 0 amide bonds. The van der Waals surface area contributed by atoms with E-state index in [-0.39, 0.29) is 1.43 Å². The van der Waals surface area contributed by atoms with E-state index < -0.39 is 0 Å². The number of H-pyrrole nitrogens is 1. The lowest BCUT2D eigenvalue weighted by molar-refractivity contribution is 0.962. The van der Waals surface area contributed by atoms with Crippen LogP contribution < -0.4 is 0 Å². The average molecular weight is 227 g/mol. The predicted octanol–water partition coefficient (Wildman–Crippen LogP) is 4.88. The minimum atomic E-state index is 0.